The first-order chi connectivity index (χ1) is 9.12. The maximum absolute atomic E-state index is 9.22. The van der Waals surface area contributed by atoms with E-state index in [9.17, 15) is 15.3 Å². The molecule has 0 aromatic heterocycles. The standard InChI is InChI=1S/C13H21NO5/c1-18-11-3-10(4-12(5-11)19-2)6-14-13(7-15,8-16)9-17/h3-5,14-17H,6-9H2,1-2H3. The molecule has 1 rings (SSSR count). The van der Waals surface area contributed by atoms with Gasteiger partial charge in [0.05, 0.1) is 39.6 Å². The van der Waals surface area contributed by atoms with E-state index in [4.69, 9.17) is 9.47 Å². The monoisotopic (exact) mass is 271 g/mol. The minimum Gasteiger partial charge on any atom is -0.497 e. The molecule has 108 valence electrons. The second-order valence-electron chi connectivity index (χ2n) is 4.33. The molecule has 0 unspecified atom stereocenters. The minimum absolute atomic E-state index is 0.356. The summed E-state index contributed by atoms with van der Waals surface area (Å²) < 4.78 is 10.3. The first-order valence-electron chi connectivity index (χ1n) is 5.92. The summed E-state index contributed by atoms with van der Waals surface area (Å²) in [6, 6.07) is 5.37. The third-order valence-corrected chi connectivity index (χ3v) is 2.99. The molecule has 0 amide bonds. The lowest BCUT2D eigenvalue weighted by atomic mass is 10.0. The molecule has 0 spiro atoms. The molecule has 0 bridgehead atoms. The SMILES string of the molecule is COc1cc(CNC(CO)(CO)CO)cc(OC)c1. The number of ether oxygens (including phenoxy) is 2. The van der Waals surface area contributed by atoms with Gasteiger partial charge >= 0.3 is 0 Å². The molecule has 1 aromatic carbocycles. The number of aliphatic hydroxyl groups excluding tert-OH is 3. The Hall–Kier alpha value is -1.34. The van der Waals surface area contributed by atoms with E-state index in [-0.39, 0.29) is 19.8 Å². The normalized spacial score (nSPS) is 11.4. The van der Waals surface area contributed by atoms with Crippen molar-refractivity contribution in [3.8, 4) is 11.5 Å². The molecule has 4 N–H and O–H groups in total. The summed E-state index contributed by atoms with van der Waals surface area (Å²) in [4.78, 5) is 0. The molecule has 1 aromatic rings. The maximum Gasteiger partial charge on any atom is 0.122 e. The van der Waals surface area contributed by atoms with Crippen LogP contribution in [0.5, 0.6) is 11.5 Å². The fourth-order valence-corrected chi connectivity index (χ4v) is 1.58. The van der Waals surface area contributed by atoms with Crippen LogP contribution in [0.15, 0.2) is 18.2 Å². The van der Waals surface area contributed by atoms with Gasteiger partial charge in [-0.3, -0.25) is 0 Å². The Morgan fingerprint density at radius 3 is 1.79 bits per heavy atom. The summed E-state index contributed by atoms with van der Waals surface area (Å²) in [6.45, 7) is -0.724. The van der Waals surface area contributed by atoms with Crippen LogP contribution in [0, 0.1) is 0 Å². The second-order valence-corrected chi connectivity index (χ2v) is 4.33. The van der Waals surface area contributed by atoms with Gasteiger partial charge in [-0.15, -0.1) is 0 Å². The summed E-state index contributed by atoms with van der Waals surface area (Å²) >= 11 is 0. The molecule has 0 aliphatic heterocycles. The van der Waals surface area contributed by atoms with E-state index in [1.165, 1.54) is 0 Å². The molecule has 0 fully saturated rings. The molecule has 0 saturated carbocycles. The summed E-state index contributed by atoms with van der Waals surface area (Å²) in [7, 11) is 3.12. The molecule has 0 aliphatic carbocycles. The third kappa shape index (κ3) is 4.07. The van der Waals surface area contributed by atoms with Crippen molar-refractivity contribution < 1.29 is 24.8 Å². The predicted octanol–water partition coefficient (Wildman–Crippen LogP) is -0.491. The van der Waals surface area contributed by atoms with E-state index in [1.807, 2.05) is 12.1 Å². The van der Waals surface area contributed by atoms with Gasteiger partial charge in [-0.05, 0) is 17.7 Å². The van der Waals surface area contributed by atoms with Gasteiger partial charge in [-0.2, -0.15) is 0 Å². The van der Waals surface area contributed by atoms with E-state index < -0.39 is 5.54 Å². The highest BCUT2D eigenvalue weighted by molar-refractivity contribution is 5.38. The maximum atomic E-state index is 9.22. The summed E-state index contributed by atoms with van der Waals surface area (Å²) in [5, 5.41) is 30.6. The van der Waals surface area contributed by atoms with Crippen molar-refractivity contribution >= 4 is 0 Å². The van der Waals surface area contributed by atoms with E-state index >= 15 is 0 Å². The Balaban J connectivity index is 2.81. The molecule has 6 heteroatoms. The number of hydrogen-bond acceptors (Lipinski definition) is 6. The molecule has 0 radical (unpaired) electrons. The number of rotatable bonds is 8. The van der Waals surface area contributed by atoms with Crippen molar-refractivity contribution in [1.29, 1.82) is 0 Å². The van der Waals surface area contributed by atoms with Crippen LogP contribution in [0.25, 0.3) is 0 Å². The van der Waals surface area contributed by atoms with Crippen LogP contribution in [-0.2, 0) is 6.54 Å². The molecule has 6 nitrogen and oxygen atoms in total. The molecule has 0 saturated heterocycles. The van der Waals surface area contributed by atoms with Crippen LogP contribution in [0.1, 0.15) is 5.56 Å². The zero-order chi connectivity index (χ0) is 14.3. The van der Waals surface area contributed by atoms with Crippen LogP contribution in [-0.4, -0.2) is 54.9 Å². The molecular weight excluding hydrogens is 250 g/mol. The Morgan fingerprint density at radius 2 is 1.42 bits per heavy atom. The highest BCUT2D eigenvalue weighted by atomic mass is 16.5. The minimum atomic E-state index is -1.10. The first-order valence-corrected chi connectivity index (χ1v) is 5.92. The lowest BCUT2D eigenvalue weighted by molar-refractivity contribution is 0.0413. The predicted molar refractivity (Wildman–Crippen MR) is 70.4 cm³/mol. The number of aliphatic hydroxyl groups is 3. The van der Waals surface area contributed by atoms with E-state index in [2.05, 4.69) is 5.32 Å². The van der Waals surface area contributed by atoms with Gasteiger partial charge in [0.2, 0.25) is 0 Å². The third-order valence-electron chi connectivity index (χ3n) is 2.99. The molecule has 0 aliphatic rings. The van der Waals surface area contributed by atoms with Gasteiger partial charge in [0.25, 0.3) is 0 Å². The van der Waals surface area contributed by atoms with Gasteiger partial charge in [-0.1, -0.05) is 0 Å². The lowest BCUT2D eigenvalue weighted by Crippen LogP contribution is -2.54. The van der Waals surface area contributed by atoms with Gasteiger partial charge in [0.1, 0.15) is 11.5 Å². The van der Waals surface area contributed by atoms with Crippen molar-refractivity contribution in [2.45, 2.75) is 12.1 Å². The Bertz CT molecular complexity index is 362. The van der Waals surface area contributed by atoms with Crippen molar-refractivity contribution in [1.82, 2.24) is 5.32 Å². The highest BCUT2D eigenvalue weighted by Crippen LogP contribution is 2.22. The lowest BCUT2D eigenvalue weighted by Gasteiger charge is -2.29. The Morgan fingerprint density at radius 1 is 0.947 bits per heavy atom. The fraction of sp³-hybridized carbons (Fsp3) is 0.538. The Labute approximate surface area is 112 Å². The quantitative estimate of drug-likeness (QED) is 0.510. The van der Waals surface area contributed by atoms with Crippen molar-refractivity contribution in [3.05, 3.63) is 23.8 Å². The zero-order valence-electron chi connectivity index (χ0n) is 11.2. The molecule has 19 heavy (non-hydrogen) atoms. The smallest absolute Gasteiger partial charge is 0.122 e. The van der Waals surface area contributed by atoms with Crippen molar-refractivity contribution in [3.63, 3.8) is 0 Å². The highest BCUT2D eigenvalue weighted by Gasteiger charge is 2.27. The van der Waals surface area contributed by atoms with Crippen LogP contribution in [0.2, 0.25) is 0 Å². The van der Waals surface area contributed by atoms with Crippen LogP contribution in [0.3, 0.4) is 0 Å². The second kappa shape index (κ2) is 7.30. The van der Waals surface area contributed by atoms with Gasteiger partial charge < -0.3 is 30.1 Å². The van der Waals surface area contributed by atoms with E-state index in [0.29, 0.717) is 18.0 Å². The molecule has 0 atom stereocenters. The number of benzene rings is 1. The average Bonchev–Trinajstić information content (AvgIpc) is 2.48. The first kappa shape index (κ1) is 15.7. The number of methoxy groups -OCH3 is 2. The Kier molecular flexibility index (Phi) is 6.04. The average molecular weight is 271 g/mol. The largest absolute Gasteiger partial charge is 0.497 e. The van der Waals surface area contributed by atoms with Crippen LogP contribution >= 0.6 is 0 Å². The van der Waals surface area contributed by atoms with E-state index in [0.717, 1.165) is 5.56 Å². The summed E-state index contributed by atoms with van der Waals surface area (Å²) in [5.41, 5.74) is -0.244. The molecule has 0 heterocycles. The summed E-state index contributed by atoms with van der Waals surface area (Å²) in [6.07, 6.45) is 0. The zero-order valence-corrected chi connectivity index (χ0v) is 11.2. The molecular formula is C13H21NO5. The topological polar surface area (TPSA) is 91.2 Å². The van der Waals surface area contributed by atoms with Crippen molar-refractivity contribution in [2.75, 3.05) is 34.0 Å². The van der Waals surface area contributed by atoms with Crippen molar-refractivity contribution in [2.24, 2.45) is 0 Å². The number of nitrogens with one attached hydrogen (secondary N) is 1. The number of hydrogen-bond donors (Lipinski definition) is 4. The van der Waals surface area contributed by atoms with Gasteiger partial charge in [0, 0.05) is 12.6 Å². The van der Waals surface area contributed by atoms with E-state index in [1.54, 1.807) is 20.3 Å². The fourth-order valence-electron chi connectivity index (χ4n) is 1.58. The van der Waals surface area contributed by atoms with Gasteiger partial charge in [-0.25, -0.2) is 0 Å². The van der Waals surface area contributed by atoms with Crippen LogP contribution < -0.4 is 14.8 Å². The van der Waals surface area contributed by atoms with Crippen LogP contribution in [0.4, 0.5) is 0 Å². The van der Waals surface area contributed by atoms with Gasteiger partial charge in [0.15, 0.2) is 0 Å². The summed E-state index contributed by atoms with van der Waals surface area (Å²) in [5.74, 6) is 1.30.